The first kappa shape index (κ1) is 15.8. The van der Waals surface area contributed by atoms with Gasteiger partial charge in [-0.1, -0.05) is 45.7 Å². The van der Waals surface area contributed by atoms with Crippen LogP contribution < -0.4 is 10.7 Å². The first-order valence-corrected chi connectivity index (χ1v) is 7.94. The molecule has 5 nitrogen and oxygen atoms in total. The number of amides is 1. The number of fused-ring (bicyclic) bond motifs is 1. The maximum atomic E-state index is 12.5. The van der Waals surface area contributed by atoms with Gasteiger partial charge in [-0.3, -0.25) is 9.36 Å². The molecular formula is C16H12BrClN2O3. The Morgan fingerprint density at radius 2 is 2.00 bits per heavy atom. The van der Waals surface area contributed by atoms with Gasteiger partial charge in [0.05, 0.1) is 10.5 Å². The molecule has 0 bridgehead atoms. The van der Waals surface area contributed by atoms with Crippen LogP contribution in [-0.4, -0.2) is 17.5 Å². The summed E-state index contributed by atoms with van der Waals surface area (Å²) in [6.07, 6.45) is 0. The van der Waals surface area contributed by atoms with Gasteiger partial charge in [0.25, 0.3) is 0 Å². The van der Waals surface area contributed by atoms with E-state index < -0.39 is 5.76 Å². The van der Waals surface area contributed by atoms with Crippen molar-refractivity contribution in [3.63, 3.8) is 0 Å². The highest BCUT2D eigenvalue weighted by atomic mass is 79.9. The van der Waals surface area contributed by atoms with Gasteiger partial charge in [0.15, 0.2) is 5.58 Å². The van der Waals surface area contributed by atoms with Crippen LogP contribution in [0.15, 0.2) is 56.1 Å². The van der Waals surface area contributed by atoms with Crippen molar-refractivity contribution < 1.29 is 9.21 Å². The fourth-order valence-electron chi connectivity index (χ4n) is 2.28. The normalized spacial score (nSPS) is 10.9. The van der Waals surface area contributed by atoms with Crippen molar-refractivity contribution in [2.24, 2.45) is 0 Å². The molecule has 1 aromatic heterocycles. The van der Waals surface area contributed by atoms with Crippen molar-refractivity contribution >= 4 is 50.2 Å². The fourth-order valence-corrected chi connectivity index (χ4v) is 3.11. The van der Waals surface area contributed by atoms with Crippen LogP contribution in [-0.2, 0) is 11.3 Å². The van der Waals surface area contributed by atoms with Gasteiger partial charge in [-0.15, -0.1) is 0 Å². The average Bonchev–Trinajstić information content (AvgIpc) is 2.84. The second-order valence-corrected chi connectivity index (χ2v) is 6.30. The van der Waals surface area contributed by atoms with Crippen LogP contribution in [0.1, 0.15) is 0 Å². The number of para-hydroxylation sites is 1. The van der Waals surface area contributed by atoms with E-state index in [2.05, 4.69) is 15.9 Å². The number of rotatable bonds is 3. The molecule has 0 aliphatic heterocycles. The summed E-state index contributed by atoms with van der Waals surface area (Å²) in [5, 5.41) is 0.314. The second kappa shape index (κ2) is 6.22. The van der Waals surface area contributed by atoms with E-state index in [1.165, 1.54) is 9.47 Å². The zero-order chi connectivity index (χ0) is 16.6. The molecule has 3 rings (SSSR count). The molecule has 2 aromatic carbocycles. The van der Waals surface area contributed by atoms with E-state index in [-0.39, 0.29) is 18.0 Å². The van der Waals surface area contributed by atoms with Crippen LogP contribution in [0.3, 0.4) is 0 Å². The Bertz CT molecular complexity index is 934. The number of carbonyl (C=O) groups excluding carboxylic acids is 1. The van der Waals surface area contributed by atoms with Crippen LogP contribution >= 0.6 is 27.5 Å². The lowest BCUT2D eigenvalue weighted by Crippen LogP contribution is -2.32. The lowest BCUT2D eigenvalue weighted by Gasteiger charge is -2.17. The van der Waals surface area contributed by atoms with Crippen molar-refractivity contribution in [3.8, 4) is 0 Å². The van der Waals surface area contributed by atoms with Crippen LogP contribution in [0.25, 0.3) is 11.1 Å². The minimum Gasteiger partial charge on any atom is -0.406 e. The Kier molecular flexibility index (Phi) is 4.28. The maximum absolute atomic E-state index is 12.5. The van der Waals surface area contributed by atoms with Crippen molar-refractivity contribution in [3.05, 3.63) is 62.5 Å². The zero-order valence-corrected chi connectivity index (χ0v) is 14.5. The Morgan fingerprint density at radius 3 is 2.70 bits per heavy atom. The van der Waals surface area contributed by atoms with Crippen molar-refractivity contribution in [1.29, 1.82) is 0 Å². The summed E-state index contributed by atoms with van der Waals surface area (Å²) in [5.41, 5.74) is 1.50. The fraction of sp³-hybridized carbons (Fsp3) is 0.125. The SMILES string of the molecule is CN(C(=O)Cn1c(=O)oc2c(Cl)cc(Br)cc21)c1ccccc1. The third-order valence-corrected chi connectivity index (χ3v) is 4.24. The number of nitrogens with zero attached hydrogens (tertiary/aromatic N) is 2. The Balaban J connectivity index is 1.97. The predicted octanol–water partition coefficient (Wildman–Crippen LogP) is 3.67. The van der Waals surface area contributed by atoms with Crippen molar-refractivity contribution in [1.82, 2.24) is 4.57 Å². The standard InChI is InChI=1S/C16H12BrClN2O3/c1-19(11-5-3-2-4-6-11)14(21)9-20-13-8-10(17)7-12(18)15(13)23-16(20)22/h2-8H,9H2,1H3. The molecule has 0 unspecified atom stereocenters. The Labute approximate surface area is 145 Å². The minimum atomic E-state index is -0.616. The minimum absolute atomic E-state index is 0.135. The molecule has 7 heteroatoms. The number of likely N-dealkylation sites (N-methyl/N-ethyl adjacent to an activating group) is 1. The number of carbonyl (C=O) groups is 1. The largest absolute Gasteiger partial charge is 0.420 e. The average molecular weight is 396 g/mol. The molecule has 1 amide bonds. The molecule has 118 valence electrons. The van der Waals surface area contributed by atoms with Crippen molar-refractivity contribution in [2.45, 2.75) is 6.54 Å². The summed E-state index contributed by atoms with van der Waals surface area (Å²) in [6, 6.07) is 12.5. The topological polar surface area (TPSA) is 55.5 Å². The first-order valence-electron chi connectivity index (χ1n) is 6.77. The summed E-state index contributed by atoms with van der Waals surface area (Å²) in [7, 11) is 1.66. The van der Waals surface area contributed by atoms with E-state index in [0.29, 0.717) is 15.0 Å². The number of hydrogen-bond acceptors (Lipinski definition) is 3. The molecule has 0 aliphatic carbocycles. The Hall–Kier alpha value is -2.05. The van der Waals surface area contributed by atoms with Crippen LogP contribution in [0.2, 0.25) is 5.02 Å². The molecule has 0 N–H and O–H groups in total. The Morgan fingerprint density at radius 1 is 1.30 bits per heavy atom. The summed E-state index contributed by atoms with van der Waals surface area (Å²) in [5.74, 6) is -0.855. The molecular weight excluding hydrogens is 384 g/mol. The molecule has 1 heterocycles. The molecule has 0 spiro atoms. The third kappa shape index (κ3) is 3.04. The number of anilines is 1. The van der Waals surface area contributed by atoms with E-state index in [9.17, 15) is 9.59 Å². The number of oxazole rings is 1. The van der Waals surface area contributed by atoms with E-state index in [0.717, 1.165) is 5.69 Å². The van der Waals surface area contributed by atoms with Gasteiger partial charge in [-0.25, -0.2) is 4.79 Å². The molecule has 0 saturated carbocycles. The highest BCUT2D eigenvalue weighted by molar-refractivity contribution is 9.10. The maximum Gasteiger partial charge on any atom is 0.420 e. The highest BCUT2D eigenvalue weighted by Crippen LogP contribution is 2.27. The van der Waals surface area contributed by atoms with Gasteiger partial charge in [-0.05, 0) is 24.3 Å². The van der Waals surface area contributed by atoms with Gasteiger partial charge in [0.1, 0.15) is 6.54 Å². The molecule has 0 saturated heterocycles. The first-order chi connectivity index (χ1) is 11.0. The molecule has 0 radical (unpaired) electrons. The molecule has 0 atom stereocenters. The summed E-state index contributed by atoms with van der Waals surface area (Å²) in [4.78, 5) is 26.0. The molecule has 23 heavy (non-hydrogen) atoms. The number of halogens is 2. The second-order valence-electron chi connectivity index (χ2n) is 4.98. The molecule has 3 aromatic rings. The summed E-state index contributed by atoms with van der Waals surface area (Å²) < 4.78 is 7.13. The highest BCUT2D eigenvalue weighted by Gasteiger charge is 2.18. The predicted molar refractivity (Wildman–Crippen MR) is 93.0 cm³/mol. The van der Waals surface area contributed by atoms with Crippen molar-refractivity contribution in [2.75, 3.05) is 11.9 Å². The molecule has 0 fully saturated rings. The van der Waals surface area contributed by atoms with Crippen LogP contribution in [0.5, 0.6) is 0 Å². The third-order valence-electron chi connectivity index (χ3n) is 3.50. The monoisotopic (exact) mass is 394 g/mol. The quantitative estimate of drug-likeness (QED) is 0.680. The van der Waals surface area contributed by atoms with Gasteiger partial charge in [-0.2, -0.15) is 0 Å². The van der Waals surface area contributed by atoms with Gasteiger partial charge >= 0.3 is 5.76 Å². The lowest BCUT2D eigenvalue weighted by molar-refractivity contribution is -0.118. The van der Waals surface area contributed by atoms with E-state index in [1.54, 1.807) is 19.2 Å². The van der Waals surface area contributed by atoms with Gasteiger partial charge < -0.3 is 9.32 Å². The van der Waals surface area contributed by atoms with E-state index in [1.807, 2.05) is 30.3 Å². The number of hydrogen-bond donors (Lipinski definition) is 0. The van der Waals surface area contributed by atoms with E-state index >= 15 is 0 Å². The number of benzene rings is 2. The summed E-state index contributed by atoms with van der Waals surface area (Å²) in [6.45, 7) is -0.135. The van der Waals surface area contributed by atoms with Crippen LogP contribution in [0.4, 0.5) is 5.69 Å². The smallest absolute Gasteiger partial charge is 0.406 e. The number of aromatic nitrogens is 1. The zero-order valence-electron chi connectivity index (χ0n) is 12.1. The van der Waals surface area contributed by atoms with Gasteiger partial charge in [0, 0.05) is 17.2 Å². The van der Waals surface area contributed by atoms with Gasteiger partial charge in [0.2, 0.25) is 5.91 Å². The lowest BCUT2D eigenvalue weighted by atomic mass is 10.3. The summed E-state index contributed by atoms with van der Waals surface area (Å²) >= 11 is 9.39. The van der Waals surface area contributed by atoms with Crippen LogP contribution in [0, 0.1) is 0 Å². The van der Waals surface area contributed by atoms with E-state index in [4.69, 9.17) is 16.0 Å². The molecule has 0 aliphatic rings.